The highest BCUT2D eigenvalue weighted by atomic mass is 16.2. The van der Waals surface area contributed by atoms with Gasteiger partial charge in [0.05, 0.1) is 0 Å². The van der Waals surface area contributed by atoms with Crippen molar-refractivity contribution in [3.8, 4) is 0 Å². The third-order valence-electron chi connectivity index (χ3n) is 4.90. The number of fused-ring (bicyclic) bond motifs is 1. The quantitative estimate of drug-likeness (QED) is 0.608. The summed E-state index contributed by atoms with van der Waals surface area (Å²) in [5.41, 5.74) is 2.07. The zero-order valence-corrected chi connectivity index (χ0v) is 16.1. The van der Waals surface area contributed by atoms with Crippen molar-refractivity contribution >= 4 is 22.7 Å². The summed E-state index contributed by atoms with van der Waals surface area (Å²) >= 11 is 0. The molecule has 0 aliphatic heterocycles. The molecule has 0 bridgehead atoms. The molecule has 0 radical (unpaired) electrons. The number of aromatic nitrogens is 1. The molecular formula is C21H31N3O2. The van der Waals surface area contributed by atoms with Crippen molar-refractivity contribution < 1.29 is 9.59 Å². The highest BCUT2D eigenvalue weighted by Crippen LogP contribution is 2.19. The third-order valence-corrected chi connectivity index (χ3v) is 4.90. The molecule has 0 spiro atoms. The molecule has 0 aliphatic carbocycles. The molecule has 1 aromatic carbocycles. The molecule has 5 heteroatoms. The highest BCUT2D eigenvalue weighted by Gasteiger charge is 2.22. The summed E-state index contributed by atoms with van der Waals surface area (Å²) < 4.78 is 0. The Morgan fingerprint density at radius 1 is 1.19 bits per heavy atom. The molecule has 0 saturated carbocycles. The molecule has 2 rings (SSSR count). The summed E-state index contributed by atoms with van der Waals surface area (Å²) in [5, 5.41) is 6.94. The van der Waals surface area contributed by atoms with Gasteiger partial charge in [-0.1, -0.05) is 51.3 Å². The second kappa shape index (κ2) is 10.00. The Morgan fingerprint density at radius 3 is 2.65 bits per heavy atom. The van der Waals surface area contributed by atoms with Gasteiger partial charge in [0.25, 0.3) is 0 Å². The maximum Gasteiger partial charge on any atom is 0.242 e. The number of benzene rings is 1. The molecule has 2 atom stereocenters. The first-order chi connectivity index (χ1) is 12.5. The topological polar surface area (TPSA) is 74.0 Å². The number of para-hydroxylation sites is 1. The van der Waals surface area contributed by atoms with E-state index < -0.39 is 6.04 Å². The van der Waals surface area contributed by atoms with Crippen LogP contribution in [0, 0.1) is 5.92 Å². The van der Waals surface area contributed by atoms with Gasteiger partial charge in [-0.15, -0.1) is 0 Å². The predicted molar refractivity (Wildman–Crippen MR) is 106 cm³/mol. The number of hydrogen-bond donors (Lipinski definition) is 3. The fourth-order valence-corrected chi connectivity index (χ4v) is 3.29. The van der Waals surface area contributed by atoms with Crippen LogP contribution in [0.4, 0.5) is 0 Å². The van der Waals surface area contributed by atoms with E-state index in [0.29, 0.717) is 18.9 Å². The molecule has 142 valence electrons. The zero-order valence-electron chi connectivity index (χ0n) is 16.1. The Morgan fingerprint density at radius 2 is 1.96 bits per heavy atom. The first-order valence-corrected chi connectivity index (χ1v) is 9.64. The molecule has 1 heterocycles. The number of hydrogen-bond acceptors (Lipinski definition) is 2. The Balaban J connectivity index is 2.03. The largest absolute Gasteiger partial charge is 0.361 e. The van der Waals surface area contributed by atoms with E-state index in [1.54, 1.807) is 0 Å². The molecule has 1 aromatic heterocycles. The fraction of sp³-hybridized carbons (Fsp3) is 0.524. The van der Waals surface area contributed by atoms with Gasteiger partial charge in [-0.3, -0.25) is 9.59 Å². The summed E-state index contributed by atoms with van der Waals surface area (Å²) in [7, 11) is 0. The number of nitrogens with one attached hydrogen (secondary N) is 3. The summed E-state index contributed by atoms with van der Waals surface area (Å²) in [6.07, 6.45) is 6.91. The van der Waals surface area contributed by atoms with E-state index in [1.807, 2.05) is 30.5 Å². The van der Waals surface area contributed by atoms with E-state index in [0.717, 1.165) is 29.3 Å². The molecule has 0 saturated heterocycles. The number of amides is 2. The van der Waals surface area contributed by atoms with Gasteiger partial charge in [0, 0.05) is 37.0 Å². The molecule has 2 unspecified atom stereocenters. The number of carbonyl (C=O) groups excluding carboxylic acids is 2. The maximum absolute atomic E-state index is 12.7. The normalized spacial score (nSPS) is 13.3. The van der Waals surface area contributed by atoms with Crippen LogP contribution in [-0.4, -0.2) is 29.4 Å². The number of aromatic amines is 1. The van der Waals surface area contributed by atoms with Crippen LogP contribution in [-0.2, 0) is 16.0 Å². The highest BCUT2D eigenvalue weighted by molar-refractivity contribution is 5.89. The smallest absolute Gasteiger partial charge is 0.242 e. The first-order valence-electron chi connectivity index (χ1n) is 9.64. The lowest BCUT2D eigenvalue weighted by atomic mass is 9.99. The Labute approximate surface area is 155 Å². The lowest BCUT2D eigenvalue weighted by molar-refractivity contribution is -0.128. The Hall–Kier alpha value is -2.30. The number of unbranched alkanes of at least 4 members (excludes halogenated alkanes) is 1. The van der Waals surface area contributed by atoms with Gasteiger partial charge in [-0.05, 0) is 24.0 Å². The third kappa shape index (κ3) is 5.61. The van der Waals surface area contributed by atoms with Crippen molar-refractivity contribution in [3.05, 3.63) is 36.0 Å². The van der Waals surface area contributed by atoms with Crippen LogP contribution < -0.4 is 10.6 Å². The van der Waals surface area contributed by atoms with Crippen LogP contribution in [0.15, 0.2) is 30.5 Å². The SMILES string of the molecule is CCCCC(CC)CNC(=O)C(Cc1c[nH]c2ccccc12)NC(C)=O. The summed E-state index contributed by atoms with van der Waals surface area (Å²) in [5.74, 6) is 0.188. The lowest BCUT2D eigenvalue weighted by Gasteiger charge is -2.20. The first kappa shape index (κ1) is 20.0. The molecule has 5 nitrogen and oxygen atoms in total. The van der Waals surface area contributed by atoms with Gasteiger partial charge >= 0.3 is 0 Å². The maximum atomic E-state index is 12.7. The van der Waals surface area contributed by atoms with Gasteiger partial charge in [0.2, 0.25) is 11.8 Å². The average Bonchev–Trinajstić information content (AvgIpc) is 3.04. The Kier molecular flexibility index (Phi) is 7.70. The molecule has 2 aromatic rings. The van der Waals surface area contributed by atoms with Crippen LogP contribution in [0.2, 0.25) is 0 Å². The van der Waals surface area contributed by atoms with Gasteiger partial charge in [0.15, 0.2) is 0 Å². The van der Waals surface area contributed by atoms with Crippen LogP contribution >= 0.6 is 0 Å². The van der Waals surface area contributed by atoms with Crippen LogP contribution in [0.1, 0.15) is 52.0 Å². The number of carbonyl (C=O) groups is 2. The molecule has 26 heavy (non-hydrogen) atoms. The minimum atomic E-state index is -0.560. The Bertz CT molecular complexity index is 723. The number of rotatable bonds is 10. The van der Waals surface area contributed by atoms with Gasteiger partial charge in [-0.25, -0.2) is 0 Å². The summed E-state index contributed by atoms with van der Waals surface area (Å²) in [6.45, 7) is 6.45. The van der Waals surface area contributed by atoms with E-state index in [1.165, 1.54) is 19.8 Å². The van der Waals surface area contributed by atoms with E-state index in [2.05, 4.69) is 29.5 Å². The van der Waals surface area contributed by atoms with Crippen LogP contribution in [0.25, 0.3) is 10.9 Å². The van der Waals surface area contributed by atoms with E-state index in [4.69, 9.17) is 0 Å². The van der Waals surface area contributed by atoms with Crippen molar-refractivity contribution in [2.45, 2.75) is 58.9 Å². The van der Waals surface area contributed by atoms with Crippen LogP contribution in [0.5, 0.6) is 0 Å². The average molecular weight is 357 g/mol. The molecule has 3 N–H and O–H groups in total. The molecule has 2 amide bonds. The number of H-pyrrole nitrogens is 1. The van der Waals surface area contributed by atoms with E-state index >= 15 is 0 Å². The second-order valence-corrected chi connectivity index (χ2v) is 6.98. The standard InChI is InChI=1S/C21H31N3O2/c1-4-6-9-16(5-2)13-23-21(26)20(24-15(3)25)12-17-14-22-19-11-8-7-10-18(17)19/h7-8,10-11,14,16,20,22H,4-6,9,12-13H2,1-3H3,(H,23,26)(H,24,25). The predicted octanol–water partition coefficient (Wildman–Crippen LogP) is 3.55. The van der Waals surface area contributed by atoms with E-state index in [9.17, 15) is 9.59 Å². The summed E-state index contributed by atoms with van der Waals surface area (Å²) in [6, 6.07) is 7.43. The monoisotopic (exact) mass is 357 g/mol. The zero-order chi connectivity index (χ0) is 18.9. The van der Waals surface area contributed by atoms with Crippen molar-refractivity contribution in [1.82, 2.24) is 15.6 Å². The van der Waals surface area contributed by atoms with Crippen molar-refractivity contribution in [2.24, 2.45) is 5.92 Å². The van der Waals surface area contributed by atoms with Gasteiger partial charge in [-0.2, -0.15) is 0 Å². The minimum Gasteiger partial charge on any atom is -0.361 e. The van der Waals surface area contributed by atoms with Crippen molar-refractivity contribution in [3.63, 3.8) is 0 Å². The molecular weight excluding hydrogens is 326 g/mol. The van der Waals surface area contributed by atoms with Gasteiger partial charge < -0.3 is 15.6 Å². The minimum absolute atomic E-state index is 0.111. The van der Waals surface area contributed by atoms with Gasteiger partial charge in [0.1, 0.15) is 6.04 Å². The lowest BCUT2D eigenvalue weighted by Crippen LogP contribution is -2.48. The molecule has 0 aliphatic rings. The van der Waals surface area contributed by atoms with Crippen molar-refractivity contribution in [1.29, 1.82) is 0 Å². The van der Waals surface area contributed by atoms with E-state index in [-0.39, 0.29) is 11.8 Å². The molecule has 0 fully saturated rings. The van der Waals surface area contributed by atoms with Crippen molar-refractivity contribution in [2.75, 3.05) is 6.54 Å². The summed E-state index contributed by atoms with van der Waals surface area (Å²) in [4.78, 5) is 27.5. The van der Waals surface area contributed by atoms with Crippen LogP contribution in [0.3, 0.4) is 0 Å². The fourth-order valence-electron chi connectivity index (χ4n) is 3.29. The second-order valence-electron chi connectivity index (χ2n) is 6.98.